The number of hydrogen-bond donors (Lipinski definition) is 1. The largest absolute Gasteiger partial charge is 0.381 e. The molecular formula is C23H33N3O2. The van der Waals surface area contributed by atoms with Crippen LogP contribution in [0.15, 0.2) is 40.9 Å². The van der Waals surface area contributed by atoms with Crippen molar-refractivity contribution in [3.8, 4) is 0 Å². The molecule has 2 aliphatic rings. The summed E-state index contributed by atoms with van der Waals surface area (Å²) in [6.45, 7) is 7.31. The molecule has 5 nitrogen and oxygen atoms in total. The molecule has 2 fully saturated rings. The van der Waals surface area contributed by atoms with E-state index >= 15 is 0 Å². The molecule has 1 aromatic heterocycles. The van der Waals surface area contributed by atoms with Gasteiger partial charge in [-0.3, -0.25) is 0 Å². The fourth-order valence-corrected chi connectivity index (χ4v) is 4.58. The van der Waals surface area contributed by atoms with Gasteiger partial charge in [0.05, 0.1) is 12.2 Å². The summed E-state index contributed by atoms with van der Waals surface area (Å²) in [7, 11) is 2.08. The maximum absolute atomic E-state index is 5.62. The Morgan fingerprint density at radius 3 is 2.64 bits per heavy atom. The van der Waals surface area contributed by atoms with Crippen LogP contribution in [0.1, 0.15) is 44.6 Å². The summed E-state index contributed by atoms with van der Waals surface area (Å²) in [4.78, 5) is 2.19. The van der Waals surface area contributed by atoms with Gasteiger partial charge in [-0.1, -0.05) is 37.2 Å². The lowest BCUT2D eigenvalue weighted by atomic mass is 9.57. The Labute approximate surface area is 168 Å². The van der Waals surface area contributed by atoms with Crippen LogP contribution < -0.4 is 10.2 Å². The van der Waals surface area contributed by atoms with Crippen molar-refractivity contribution in [2.75, 3.05) is 25.2 Å². The van der Waals surface area contributed by atoms with E-state index in [-0.39, 0.29) is 5.41 Å². The van der Waals surface area contributed by atoms with Gasteiger partial charge in [0.15, 0.2) is 5.76 Å². The Morgan fingerprint density at radius 1 is 1.18 bits per heavy atom. The summed E-state index contributed by atoms with van der Waals surface area (Å²) < 4.78 is 11.1. The van der Waals surface area contributed by atoms with Crippen LogP contribution in [0.4, 0.5) is 5.69 Å². The molecule has 1 N–H and O–H groups in total. The van der Waals surface area contributed by atoms with Gasteiger partial charge in [-0.2, -0.15) is 0 Å². The Kier molecular flexibility index (Phi) is 5.74. The number of anilines is 1. The van der Waals surface area contributed by atoms with Crippen molar-refractivity contribution in [2.24, 2.45) is 11.3 Å². The molecule has 0 amide bonds. The highest BCUT2D eigenvalue weighted by Gasteiger charge is 2.48. The Morgan fingerprint density at radius 2 is 1.93 bits per heavy atom. The molecule has 1 saturated heterocycles. The summed E-state index contributed by atoms with van der Waals surface area (Å²) in [5.41, 5.74) is 2.56. The average Bonchev–Trinajstić information content (AvgIpc) is 3.15. The first-order chi connectivity index (χ1) is 13.5. The quantitative estimate of drug-likeness (QED) is 0.782. The summed E-state index contributed by atoms with van der Waals surface area (Å²) in [5.74, 6) is 1.57. The van der Waals surface area contributed by atoms with Gasteiger partial charge in [0.25, 0.3) is 0 Å². The molecule has 4 rings (SSSR count). The zero-order chi connectivity index (χ0) is 19.6. The maximum Gasteiger partial charge on any atom is 0.156 e. The van der Waals surface area contributed by atoms with Crippen molar-refractivity contribution in [2.45, 2.75) is 58.2 Å². The molecule has 1 aromatic carbocycles. The SMILES string of the molecule is CN(Cc1cc(C[C@@H]2C[C@H](NC3CCOCC3)C2(C)C)no1)c1ccccc1. The summed E-state index contributed by atoms with van der Waals surface area (Å²) in [5, 5.41) is 8.23. The van der Waals surface area contributed by atoms with Crippen molar-refractivity contribution >= 4 is 5.69 Å². The predicted octanol–water partition coefficient (Wildman–Crippen LogP) is 4.04. The van der Waals surface area contributed by atoms with E-state index in [2.05, 4.69) is 66.6 Å². The lowest BCUT2D eigenvalue weighted by Crippen LogP contribution is -2.60. The zero-order valence-corrected chi connectivity index (χ0v) is 17.4. The second-order valence-electron chi connectivity index (χ2n) is 9.04. The van der Waals surface area contributed by atoms with E-state index in [1.54, 1.807) is 0 Å². The van der Waals surface area contributed by atoms with Crippen LogP contribution >= 0.6 is 0 Å². The van der Waals surface area contributed by atoms with Crippen molar-refractivity contribution in [3.05, 3.63) is 47.9 Å². The van der Waals surface area contributed by atoms with Gasteiger partial charge in [0.1, 0.15) is 0 Å². The third-order valence-electron chi connectivity index (χ3n) is 6.78. The number of benzene rings is 1. The smallest absolute Gasteiger partial charge is 0.156 e. The molecule has 5 heteroatoms. The number of aromatic nitrogens is 1. The van der Waals surface area contributed by atoms with E-state index in [9.17, 15) is 0 Å². The molecule has 0 radical (unpaired) electrons. The lowest BCUT2D eigenvalue weighted by molar-refractivity contribution is -0.00757. The van der Waals surface area contributed by atoms with Gasteiger partial charge in [0.2, 0.25) is 0 Å². The second-order valence-corrected chi connectivity index (χ2v) is 9.04. The van der Waals surface area contributed by atoms with Gasteiger partial charge in [0, 0.05) is 44.1 Å². The minimum Gasteiger partial charge on any atom is -0.381 e. The van der Waals surface area contributed by atoms with Crippen molar-refractivity contribution in [3.63, 3.8) is 0 Å². The van der Waals surface area contributed by atoms with Crippen LogP contribution in [0.2, 0.25) is 0 Å². The Bertz CT molecular complexity index is 752. The zero-order valence-electron chi connectivity index (χ0n) is 17.4. The Balaban J connectivity index is 1.29. The first-order valence-corrected chi connectivity index (χ1v) is 10.6. The van der Waals surface area contributed by atoms with E-state index in [0.29, 0.717) is 18.0 Å². The molecule has 1 saturated carbocycles. The number of para-hydroxylation sites is 1. The predicted molar refractivity (Wildman–Crippen MR) is 111 cm³/mol. The van der Waals surface area contributed by atoms with Gasteiger partial charge in [-0.25, -0.2) is 0 Å². The van der Waals surface area contributed by atoms with Crippen LogP contribution in [-0.4, -0.2) is 37.5 Å². The van der Waals surface area contributed by atoms with Crippen molar-refractivity contribution in [1.29, 1.82) is 0 Å². The van der Waals surface area contributed by atoms with Gasteiger partial charge in [-0.05, 0) is 49.1 Å². The van der Waals surface area contributed by atoms with Gasteiger partial charge >= 0.3 is 0 Å². The maximum atomic E-state index is 5.62. The topological polar surface area (TPSA) is 50.5 Å². The van der Waals surface area contributed by atoms with E-state index < -0.39 is 0 Å². The lowest BCUT2D eigenvalue weighted by Gasteiger charge is -2.54. The average molecular weight is 384 g/mol. The van der Waals surface area contributed by atoms with Gasteiger partial charge in [-0.15, -0.1) is 0 Å². The minimum atomic E-state index is 0.290. The molecular weight excluding hydrogens is 350 g/mol. The molecule has 0 bridgehead atoms. The Hall–Kier alpha value is -1.85. The van der Waals surface area contributed by atoms with E-state index in [4.69, 9.17) is 9.26 Å². The van der Waals surface area contributed by atoms with Crippen LogP contribution in [0, 0.1) is 11.3 Å². The van der Waals surface area contributed by atoms with Crippen LogP contribution in [0.25, 0.3) is 0 Å². The van der Waals surface area contributed by atoms with E-state index in [0.717, 1.165) is 50.5 Å². The number of nitrogens with one attached hydrogen (secondary N) is 1. The molecule has 0 unspecified atom stereocenters. The standard InChI is InChI=1S/C23H33N3O2/c1-23(2)17(14-22(23)24-18-9-11-27-12-10-18)13-19-15-21(28-25-19)16-26(3)20-7-5-4-6-8-20/h4-8,15,17-18,22,24H,9-14,16H2,1-3H3/t17-,22+/m1/s1. The monoisotopic (exact) mass is 383 g/mol. The molecule has 2 atom stereocenters. The van der Waals surface area contributed by atoms with Gasteiger partial charge < -0.3 is 19.5 Å². The van der Waals surface area contributed by atoms with E-state index in [1.807, 2.05) is 6.07 Å². The molecule has 2 aromatic rings. The summed E-state index contributed by atoms with van der Waals surface area (Å²) >= 11 is 0. The highest BCUT2D eigenvalue weighted by atomic mass is 16.5. The molecule has 0 spiro atoms. The molecule has 152 valence electrons. The van der Waals surface area contributed by atoms with E-state index in [1.165, 1.54) is 12.1 Å². The normalized spacial score (nSPS) is 24.7. The highest BCUT2D eigenvalue weighted by Crippen LogP contribution is 2.48. The highest BCUT2D eigenvalue weighted by molar-refractivity contribution is 5.45. The number of rotatable bonds is 7. The molecule has 1 aliphatic heterocycles. The fraction of sp³-hybridized carbons (Fsp3) is 0.609. The summed E-state index contributed by atoms with van der Waals surface area (Å²) in [6.07, 6.45) is 4.49. The molecule has 1 aliphatic carbocycles. The third-order valence-corrected chi connectivity index (χ3v) is 6.78. The first kappa shape index (κ1) is 19.5. The third kappa shape index (κ3) is 4.26. The van der Waals surface area contributed by atoms with Crippen molar-refractivity contribution in [1.82, 2.24) is 10.5 Å². The molecule has 2 heterocycles. The van der Waals surface area contributed by atoms with Crippen LogP contribution in [0.5, 0.6) is 0 Å². The fourth-order valence-electron chi connectivity index (χ4n) is 4.58. The molecule has 28 heavy (non-hydrogen) atoms. The first-order valence-electron chi connectivity index (χ1n) is 10.6. The second kappa shape index (κ2) is 8.26. The van der Waals surface area contributed by atoms with Crippen LogP contribution in [0.3, 0.4) is 0 Å². The number of nitrogens with zero attached hydrogens (tertiary/aromatic N) is 2. The van der Waals surface area contributed by atoms with Crippen LogP contribution in [-0.2, 0) is 17.7 Å². The number of ether oxygens (including phenoxy) is 1. The summed E-state index contributed by atoms with van der Waals surface area (Å²) in [6, 6.07) is 13.7. The van der Waals surface area contributed by atoms with Crippen molar-refractivity contribution < 1.29 is 9.26 Å². The number of hydrogen-bond acceptors (Lipinski definition) is 5. The minimum absolute atomic E-state index is 0.290.